The summed E-state index contributed by atoms with van der Waals surface area (Å²) in [5, 5.41) is 10.4. The lowest BCUT2D eigenvalue weighted by Crippen LogP contribution is -2.30. The molecule has 2 aromatic carbocycles. The van der Waals surface area contributed by atoms with E-state index < -0.39 is 0 Å². The van der Waals surface area contributed by atoms with Crippen LogP contribution in [0.4, 0.5) is 0 Å². The minimum Gasteiger partial charge on any atom is -0.497 e. The van der Waals surface area contributed by atoms with Crippen molar-refractivity contribution in [3.8, 4) is 17.1 Å². The summed E-state index contributed by atoms with van der Waals surface area (Å²) in [6, 6.07) is 14.9. The van der Waals surface area contributed by atoms with Gasteiger partial charge >= 0.3 is 0 Å². The van der Waals surface area contributed by atoms with Crippen molar-refractivity contribution < 1.29 is 9.53 Å². The summed E-state index contributed by atoms with van der Waals surface area (Å²) in [7, 11) is 1.62. The van der Waals surface area contributed by atoms with Crippen LogP contribution in [0.15, 0.2) is 53.4 Å². The average Bonchev–Trinajstić information content (AvgIpc) is 3.17. The van der Waals surface area contributed by atoms with E-state index in [-0.39, 0.29) is 17.7 Å². The molecule has 0 spiro atoms. The Kier molecular flexibility index (Phi) is 6.36. The van der Waals surface area contributed by atoms with Gasteiger partial charge in [0.1, 0.15) is 11.6 Å². The van der Waals surface area contributed by atoms with Gasteiger partial charge in [-0.3, -0.25) is 9.89 Å². The quantitative estimate of drug-likeness (QED) is 0.585. The number of ether oxygens (including phenoxy) is 1. The number of aromatic amines is 1. The molecule has 6 nitrogen and oxygen atoms in total. The van der Waals surface area contributed by atoms with Gasteiger partial charge in [0.25, 0.3) is 0 Å². The molecule has 1 atom stereocenters. The Morgan fingerprint density at radius 1 is 1.22 bits per heavy atom. The Balaban J connectivity index is 1.54. The maximum atomic E-state index is 12.3. The van der Waals surface area contributed by atoms with Crippen LogP contribution in [0.3, 0.4) is 0 Å². The van der Waals surface area contributed by atoms with Crippen molar-refractivity contribution in [2.75, 3.05) is 7.11 Å². The number of hydrogen-bond acceptors (Lipinski definition) is 5. The van der Waals surface area contributed by atoms with E-state index in [1.807, 2.05) is 55.5 Å². The molecule has 0 saturated heterocycles. The molecule has 0 aliphatic carbocycles. The summed E-state index contributed by atoms with van der Waals surface area (Å²) in [5.74, 6) is 1.87. The summed E-state index contributed by atoms with van der Waals surface area (Å²) in [4.78, 5) is 17.7. The summed E-state index contributed by atoms with van der Waals surface area (Å²) in [6.07, 6.45) is 0. The largest absolute Gasteiger partial charge is 0.497 e. The lowest BCUT2D eigenvalue weighted by atomic mass is 10.2. The number of carbonyl (C=O) groups is 1. The Bertz CT molecular complexity index is 897. The second kappa shape index (κ2) is 8.92. The Labute approximate surface area is 166 Å². The molecular weight excluding hydrogens is 384 g/mol. The molecule has 0 fully saturated rings. The summed E-state index contributed by atoms with van der Waals surface area (Å²) in [5.41, 5.74) is 0.872. The summed E-state index contributed by atoms with van der Waals surface area (Å²) in [6.45, 7) is 2.14. The van der Waals surface area contributed by atoms with E-state index in [9.17, 15) is 4.79 Å². The van der Waals surface area contributed by atoms with Crippen LogP contribution in [-0.2, 0) is 11.3 Å². The monoisotopic (exact) mass is 402 g/mol. The summed E-state index contributed by atoms with van der Waals surface area (Å²) < 4.78 is 5.14. The fourth-order valence-corrected chi connectivity index (χ4v) is 3.35. The molecule has 0 aliphatic rings. The number of nitrogens with one attached hydrogen (secondary N) is 2. The highest BCUT2D eigenvalue weighted by atomic mass is 35.5. The van der Waals surface area contributed by atoms with Gasteiger partial charge in [0.15, 0.2) is 5.82 Å². The number of halogens is 1. The van der Waals surface area contributed by atoms with E-state index in [4.69, 9.17) is 16.3 Å². The Hall–Kier alpha value is -2.51. The number of carbonyl (C=O) groups excluding carboxylic acids is 1. The van der Waals surface area contributed by atoms with Crippen molar-refractivity contribution in [2.24, 2.45) is 0 Å². The molecular formula is C19H19ClN4O2S. The number of benzene rings is 2. The molecule has 140 valence electrons. The van der Waals surface area contributed by atoms with Gasteiger partial charge < -0.3 is 10.1 Å². The minimum absolute atomic E-state index is 0.0719. The maximum Gasteiger partial charge on any atom is 0.233 e. The first-order valence-corrected chi connectivity index (χ1v) is 9.56. The van der Waals surface area contributed by atoms with Crippen LogP contribution in [0, 0.1) is 0 Å². The van der Waals surface area contributed by atoms with Crippen molar-refractivity contribution in [1.29, 1.82) is 0 Å². The molecule has 1 heterocycles. The minimum atomic E-state index is -0.241. The van der Waals surface area contributed by atoms with Crippen molar-refractivity contribution in [1.82, 2.24) is 20.5 Å². The second-order valence-electron chi connectivity index (χ2n) is 5.77. The van der Waals surface area contributed by atoms with Crippen LogP contribution < -0.4 is 10.1 Å². The van der Waals surface area contributed by atoms with Gasteiger partial charge in [0.05, 0.1) is 18.9 Å². The summed E-state index contributed by atoms with van der Waals surface area (Å²) >= 11 is 7.35. The lowest BCUT2D eigenvalue weighted by Gasteiger charge is -2.11. The third-order valence-corrected chi connectivity index (χ3v) is 5.17. The third kappa shape index (κ3) is 5.24. The third-order valence-electron chi connectivity index (χ3n) is 3.81. The van der Waals surface area contributed by atoms with Gasteiger partial charge in [-0.1, -0.05) is 11.6 Å². The van der Waals surface area contributed by atoms with Crippen LogP contribution in [0.1, 0.15) is 12.7 Å². The van der Waals surface area contributed by atoms with E-state index in [0.29, 0.717) is 16.7 Å². The number of nitrogens with zero attached hydrogens (tertiary/aromatic N) is 2. The van der Waals surface area contributed by atoms with Gasteiger partial charge in [-0.25, -0.2) is 4.98 Å². The van der Waals surface area contributed by atoms with Gasteiger partial charge in [0, 0.05) is 15.5 Å². The molecule has 0 bridgehead atoms. The zero-order valence-electron chi connectivity index (χ0n) is 14.9. The molecule has 1 unspecified atom stereocenters. The van der Waals surface area contributed by atoms with Gasteiger partial charge in [0.2, 0.25) is 5.91 Å². The van der Waals surface area contributed by atoms with E-state index in [1.54, 1.807) is 7.11 Å². The SMILES string of the molecule is COc1ccc(-c2n[nH]c(CNC(=O)C(C)Sc3ccc(Cl)cc3)n2)cc1. The molecule has 0 saturated carbocycles. The average molecular weight is 403 g/mol. The smallest absolute Gasteiger partial charge is 0.233 e. The number of rotatable bonds is 7. The van der Waals surface area contributed by atoms with Crippen LogP contribution in [0.25, 0.3) is 11.4 Å². The molecule has 3 aromatic rings. The topological polar surface area (TPSA) is 79.9 Å². The zero-order valence-corrected chi connectivity index (χ0v) is 16.5. The van der Waals surface area contributed by atoms with E-state index in [2.05, 4.69) is 20.5 Å². The van der Waals surface area contributed by atoms with Crippen LogP contribution in [0.5, 0.6) is 5.75 Å². The Morgan fingerprint density at radius 3 is 2.59 bits per heavy atom. The number of thioether (sulfide) groups is 1. The fraction of sp³-hybridized carbons (Fsp3) is 0.211. The fourth-order valence-electron chi connectivity index (χ4n) is 2.33. The lowest BCUT2D eigenvalue weighted by molar-refractivity contribution is -0.120. The molecule has 1 aromatic heterocycles. The number of methoxy groups -OCH3 is 1. The van der Waals surface area contributed by atoms with Crippen LogP contribution in [0.2, 0.25) is 5.02 Å². The maximum absolute atomic E-state index is 12.3. The van der Waals surface area contributed by atoms with E-state index in [0.717, 1.165) is 16.2 Å². The number of aromatic nitrogens is 3. The highest BCUT2D eigenvalue weighted by molar-refractivity contribution is 8.00. The standard InChI is InChI=1S/C19H19ClN4O2S/c1-12(27-16-9-5-14(20)6-10-16)19(25)21-11-17-22-18(24-23-17)13-3-7-15(26-2)8-4-13/h3-10,12H,11H2,1-2H3,(H,21,25)(H,22,23,24). The highest BCUT2D eigenvalue weighted by Gasteiger charge is 2.15. The predicted molar refractivity (Wildman–Crippen MR) is 107 cm³/mol. The van der Waals surface area contributed by atoms with Crippen molar-refractivity contribution >= 4 is 29.3 Å². The zero-order chi connectivity index (χ0) is 19.2. The molecule has 8 heteroatoms. The van der Waals surface area contributed by atoms with Crippen molar-refractivity contribution in [3.63, 3.8) is 0 Å². The molecule has 1 amide bonds. The molecule has 3 rings (SSSR count). The predicted octanol–water partition coefficient (Wildman–Crippen LogP) is 3.93. The molecule has 0 aliphatic heterocycles. The molecule has 27 heavy (non-hydrogen) atoms. The Morgan fingerprint density at radius 2 is 1.93 bits per heavy atom. The first-order chi connectivity index (χ1) is 13.0. The van der Waals surface area contributed by atoms with E-state index >= 15 is 0 Å². The molecule has 2 N–H and O–H groups in total. The van der Waals surface area contributed by atoms with E-state index in [1.165, 1.54) is 11.8 Å². The van der Waals surface area contributed by atoms with Crippen LogP contribution in [-0.4, -0.2) is 33.4 Å². The van der Waals surface area contributed by atoms with Gasteiger partial charge in [-0.15, -0.1) is 11.8 Å². The second-order valence-corrected chi connectivity index (χ2v) is 7.62. The highest BCUT2D eigenvalue weighted by Crippen LogP contribution is 2.25. The first-order valence-electron chi connectivity index (χ1n) is 8.31. The molecule has 0 radical (unpaired) electrons. The normalized spacial score (nSPS) is 11.8. The van der Waals surface area contributed by atoms with Crippen molar-refractivity contribution in [3.05, 3.63) is 59.4 Å². The van der Waals surface area contributed by atoms with Crippen LogP contribution >= 0.6 is 23.4 Å². The number of hydrogen-bond donors (Lipinski definition) is 2. The number of H-pyrrole nitrogens is 1. The van der Waals surface area contributed by atoms with Crippen molar-refractivity contribution in [2.45, 2.75) is 23.6 Å². The van der Waals surface area contributed by atoms with Gasteiger partial charge in [-0.2, -0.15) is 5.10 Å². The van der Waals surface area contributed by atoms with Gasteiger partial charge in [-0.05, 0) is 55.5 Å². The number of amides is 1. The first kappa shape index (κ1) is 19.3.